The normalized spacial score (nSPS) is 24.1. The Labute approximate surface area is 92.9 Å². The molecule has 1 saturated heterocycles. The van der Waals surface area contributed by atoms with E-state index in [0.29, 0.717) is 12.0 Å². The quantitative estimate of drug-likeness (QED) is 0.567. The summed E-state index contributed by atoms with van der Waals surface area (Å²) in [4.78, 5) is 4.75. The molecule has 2 aliphatic rings. The van der Waals surface area contributed by atoms with E-state index in [2.05, 4.69) is 23.8 Å². The SMILES string of the molecule is CCN1CCC(N(C)C(=N)C2CC2)CC1. The smallest absolute Gasteiger partial charge is 0.0989 e. The van der Waals surface area contributed by atoms with Gasteiger partial charge in [0, 0.05) is 32.1 Å². The van der Waals surface area contributed by atoms with E-state index < -0.39 is 0 Å². The number of likely N-dealkylation sites (tertiary alicyclic amines) is 1. The second-order valence-electron chi connectivity index (χ2n) is 4.94. The Balaban J connectivity index is 1.81. The number of nitrogens with one attached hydrogen (secondary N) is 1. The predicted octanol–water partition coefficient (Wildman–Crippen LogP) is 1.79. The molecule has 3 heteroatoms. The van der Waals surface area contributed by atoms with Crippen molar-refractivity contribution in [2.75, 3.05) is 26.7 Å². The van der Waals surface area contributed by atoms with Gasteiger partial charge >= 0.3 is 0 Å². The Morgan fingerprint density at radius 3 is 2.33 bits per heavy atom. The summed E-state index contributed by atoms with van der Waals surface area (Å²) in [6.45, 7) is 5.83. The monoisotopic (exact) mass is 209 g/mol. The molecule has 0 aromatic carbocycles. The number of hydrogen-bond acceptors (Lipinski definition) is 2. The maximum Gasteiger partial charge on any atom is 0.0989 e. The van der Waals surface area contributed by atoms with E-state index in [1.54, 1.807) is 0 Å². The van der Waals surface area contributed by atoms with Crippen molar-refractivity contribution in [2.45, 2.75) is 38.6 Å². The molecule has 15 heavy (non-hydrogen) atoms. The third-order valence-corrected chi connectivity index (χ3v) is 3.90. The first kappa shape index (κ1) is 10.9. The van der Waals surface area contributed by atoms with Crippen LogP contribution < -0.4 is 0 Å². The summed E-state index contributed by atoms with van der Waals surface area (Å²) < 4.78 is 0. The van der Waals surface area contributed by atoms with E-state index in [-0.39, 0.29) is 0 Å². The summed E-state index contributed by atoms with van der Waals surface area (Å²) in [5.74, 6) is 1.49. The van der Waals surface area contributed by atoms with Crippen LogP contribution in [0.25, 0.3) is 0 Å². The molecule has 3 nitrogen and oxygen atoms in total. The maximum absolute atomic E-state index is 8.06. The Hall–Kier alpha value is -0.570. The van der Waals surface area contributed by atoms with Crippen LogP contribution in [0, 0.1) is 11.3 Å². The van der Waals surface area contributed by atoms with Gasteiger partial charge in [0.2, 0.25) is 0 Å². The first-order valence-electron chi connectivity index (χ1n) is 6.26. The average Bonchev–Trinajstić information content (AvgIpc) is 3.11. The second kappa shape index (κ2) is 4.52. The number of amidine groups is 1. The highest BCUT2D eigenvalue weighted by Gasteiger charge is 2.32. The highest BCUT2D eigenvalue weighted by Crippen LogP contribution is 2.32. The Morgan fingerprint density at radius 2 is 1.87 bits per heavy atom. The van der Waals surface area contributed by atoms with Gasteiger partial charge in [-0.1, -0.05) is 6.92 Å². The van der Waals surface area contributed by atoms with Crippen molar-refractivity contribution >= 4 is 5.84 Å². The molecular weight excluding hydrogens is 186 g/mol. The van der Waals surface area contributed by atoms with Crippen molar-refractivity contribution in [1.29, 1.82) is 5.41 Å². The number of rotatable bonds is 3. The molecule has 2 rings (SSSR count). The fourth-order valence-corrected chi connectivity index (χ4v) is 2.46. The highest BCUT2D eigenvalue weighted by atomic mass is 15.2. The highest BCUT2D eigenvalue weighted by molar-refractivity contribution is 5.83. The fraction of sp³-hybridized carbons (Fsp3) is 0.917. The van der Waals surface area contributed by atoms with Crippen LogP contribution in [0.5, 0.6) is 0 Å². The summed E-state index contributed by atoms with van der Waals surface area (Å²) in [7, 11) is 2.12. The minimum Gasteiger partial charge on any atom is -0.360 e. The predicted molar refractivity (Wildman–Crippen MR) is 63.3 cm³/mol. The third-order valence-electron chi connectivity index (χ3n) is 3.90. The molecule has 1 aliphatic carbocycles. The largest absolute Gasteiger partial charge is 0.360 e. The van der Waals surface area contributed by atoms with Crippen molar-refractivity contribution in [1.82, 2.24) is 9.80 Å². The van der Waals surface area contributed by atoms with E-state index in [1.165, 1.54) is 45.3 Å². The molecule has 0 amide bonds. The third kappa shape index (κ3) is 2.51. The van der Waals surface area contributed by atoms with Gasteiger partial charge < -0.3 is 9.80 Å². The molecule has 0 bridgehead atoms. The summed E-state index contributed by atoms with van der Waals surface area (Å²) in [5.41, 5.74) is 0. The molecule has 1 saturated carbocycles. The van der Waals surface area contributed by atoms with E-state index in [4.69, 9.17) is 5.41 Å². The van der Waals surface area contributed by atoms with E-state index in [9.17, 15) is 0 Å². The van der Waals surface area contributed by atoms with Gasteiger partial charge in [0.25, 0.3) is 0 Å². The van der Waals surface area contributed by atoms with Gasteiger partial charge in [-0.2, -0.15) is 0 Å². The molecule has 0 radical (unpaired) electrons. The zero-order valence-corrected chi connectivity index (χ0v) is 10.00. The van der Waals surface area contributed by atoms with Crippen molar-refractivity contribution in [3.05, 3.63) is 0 Å². The van der Waals surface area contributed by atoms with Crippen LogP contribution in [0.4, 0.5) is 0 Å². The second-order valence-corrected chi connectivity index (χ2v) is 4.94. The van der Waals surface area contributed by atoms with E-state index in [0.717, 1.165) is 5.84 Å². The summed E-state index contributed by atoms with van der Waals surface area (Å²) >= 11 is 0. The molecule has 0 spiro atoms. The van der Waals surface area contributed by atoms with Crippen molar-refractivity contribution < 1.29 is 0 Å². The minimum absolute atomic E-state index is 0.596. The molecule has 1 heterocycles. The van der Waals surface area contributed by atoms with Crippen LogP contribution in [-0.2, 0) is 0 Å². The molecule has 0 aromatic heterocycles. The lowest BCUT2D eigenvalue weighted by Crippen LogP contribution is -2.45. The lowest BCUT2D eigenvalue weighted by atomic mass is 10.0. The van der Waals surface area contributed by atoms with Gasteiger partial charge in [0.15, 0.2) is 0 Å². The van der Waals surface area contributed by atoms with Crippen LogP contribution in [0.15, 0.2) is 0 Å². The fourth-order valence-electron chi connectivity index (χ4n) is 2.46. The van der Waals surface area contributed by atoms with Crippen molar-refractivity contribution in [2.24, 2.45) is 5.92 Å². The molecule has 0 atom stereocenters. The topological polar surface area (TPSA) is 30.3 Å². The van der Waals surface area contributed by atoms with Gasteiger partial charge in [-0.15, -0.1) is 0 Å². The van der Waals surface area contributed by atoms with E-state index >= 15 is 0 Å². The van der Waals surface area contributed by atoms with Crippen LogP contribution in [0.1, 0.15) is 32.6 Å². The number of hydrogen-bond donors (Lipinski definition) is 1. The Morgan fingerprint density at radius 1 is 1.27 bits per heavy atom. The average molecular weight is 209 g/mol. The standard InChI is InChI=1S/C12H23N3/c1-3-15-8-6-11(7-9-15)14(2)12(13)10-4-5-10/h10-11,13H,3-9H2,1-2H3. The maximum atomic E-state index is 8.06. The molecule has 86 valence electrons. The van der Waals surface area contributed by atoms with Crippen LogP contribution >= 0.6 is 0 Å². The van der Waals surface area contributed by atoms with E-state index in [1.807, 2.05) is 0 Å². The first-order valence-corrected chi connectivity index (χ1v) is 6.26. The van der Waals surface area contributed by atoms with Crippen molar-refractivity contribution in [3.8, 4) is 0 Å². The van der Waals surface area contributed by atoms with Gasteiger partial charge in [-0.05, 0) is 32.2 Å². The Bertz CT molecular complexity index is 227. The minimum atomic E-state index is 0.596. The molecule has 0 unspecified atom stereocenters. The zero-order valence-electron chi connectivity index (χ0n) is 10.00. The van der Waals surface area contributed by atoms with Gasteiger partial charge in [-0.25, -0.2) is 0 Å². The number of piperidine rings is 1. The lowest BCUT2D eigenvalue weighted by Gasteiger charge is -2.37. The van der Waals surface area contributed by atoms with Gasteiger partial charge in [0.05, 0.1) is 5.84 Å². The molecule has 2 fully saturated rings. The van der Waals surface area contributed by atoms with Gasteiger partial charge in [0.1, 0.15) is 0 Å². The van der Waals surface area contributed by atoms with Crippen molar-refractivity contribution in [3.63, 3.8) is 0 Å². The molecule has 0 aromatic rings. The zero-order chi connectivity index (χ0) is 10.8. The molecule has 1 aliphatic heterocycles. The summed E-state index contributed by atoms with van der Waals surface area (Å²) in [6.07, 6.45) is 4.97. The first-order chi connectivity index (χ1) is 7.22. The van der Waals surface area contributed by atoms with Crippen LogP contribution in [0.3, 0.4) is 0 Å². The van der Waals surface area contributed by atoms with Crippen LogP contribution in [-0.4, -0.2) is 48.4 Å². The number of nitrogens with zero attached hydrogens (tertiary/aromatic N) is 2. The summed E-state index contributed by atoms with van der Waals surface area (Å²) in [6, 6.07) is 0.626. The lowest BCUT2D eigenvalue weighted by molar-refractivity contribution is 0.169. The molecular formula is C12H23N3. The Kier molecular flexibility index (Phi) is 3.29. The van der Waals surface area contributed by atoms with Crippen LogP contribution in [0.2, 0.25) is 0 Å². The summed E-state index contributed by atoms with van der Waals surface area (Å²) in [5, 5.41) is 8.06. The van der Waals surface area contributed by atoms with Gasteiger partial charge in [-0.3, -0.25) is 5.41 Å². The molecule has 1 N–H and O–H groups in total.